The Morgan fingerprint density at radius 2 is 1.75 bits per heavy atom. The van der Waals surface area contributed by atoms with Crippen molar-refractivity contribution in [3.8, 4) is 0 Å². The number of rotatable bonds is 5. The molecule has 9 unspecified atom stereocenters. The van der Waals surface area contributed by atoms with Gasteiger partial charge in [0, 0.05) is 0 Å². The minimum atomic E-state index is 0.283. The van der Waals surface area contributed by atoms with Gasteiger partial charge >= 0.3 is 0 Å². The molecule has 9 atom stereocenters. The largest absolute Gasteiger partial charge is 0.118 e. The van der Waals surface area contributed by atoms with Crippen molar-refractivity contribution in [2.75, 3.05) is 0 Å². The minimum absolute atomic E-state index is 0.283. The number of allylic oxidation sites excluding steroid dienone is 2. The molecule has 0 aromatic heterocycles. The lowest BCUT2D eigenvalue weighted by atomic mass is 9.45. The van der Waals surface area contributed by atoms with Crippen molar-refractivity contribution >= 4 is 11.6 Å². The Balaban J connectivity index is 1.48. The first kappa shape index (κ1) is 21.3. The molecule has 4 aliphatic rings. The predicted octanol–water partition coefficient (Wildman–Crippen LogP) is 8.49. The second kappa shape index (κ2) is 7.94. The number of hydrogen-bond acceptors (Lipinski definition) is 0. The standard InChI is InChI=1S/C27H45Cl/c1-18(2)7-6-8-19(3)23-11-12-24-22-10-9-20-17-21(28)13-15-26(20,4)25(22)14-16-27(23,24)5/h13,15,18-25H,6-12,14,16-17H2,1-5H3. The van der Waals surface area contributed by atoms with Crippen LogP contribution in [0.4, 0.5) is 0 Å². The van der Waals surface area contributed by atoms with Crippen molar-refractivity contribution in [2.24, 2.45) is 52.3 Å². The van der Waals surface area contributed by atoms with E-state index in [1.54, 1.807) is 0 Å². The zero-order valence-corrected chi connectivity index (χ0v) is 20.0. The van der Waals surface area contributed by atoms with Gasteiger partial charge in [-0.05, 0) is 97.2 Å². The summed E-state index contributed by atoms with van der Waals surface area (Å²) in [7, 11) is 0. The Kier molecular flexibility index (Phi) is 6.03. The number of alkyl halides is 1. The smallest absolute Gasteiger partial charge is 0.0519 e. The van der Waals surface area contributed by atoms with Crippen LogP contribution in [0.15, 0.2) is 12.2 Å². The van der Waals surface area contributed by atoms with Gasteiger partial charge in [-0.25, -0.2) is 0 Å². The maximum Gasteiger partial charge on any atom is 0.0519 e. The summed E-state index contributed by atoms with van der Waals surface area (Å²) in [4.78, 5) is 0. The van der Waals surface area contributed by atoms with Crippen molar-refractivity contribution in [2.45, 2.75) is 104 Å². The molecule has 1 heteroatoms. The first-order chi connectivity index (χ1) is 13.3. The maximum atomic E-state index is 6.51. The molecule has 0 saturated heterocycles. The topological polar surface area (TPSA) is 0 Å². The molecule has 3 fully saturated rings. The third-order valence-electron chi connectivity index (χ3n) is 10.3. The van der Waals surface area contributed by atoms with Gasteiger partial charge in [0.25, 0.3) is 0 Å². The third-order valence-corrected chi connectivity index (χ3v) is 10.7. The van der Waals surface area contributed by atoms with Gasteiger partial charge in [0.2, 0.25) is 0 Å². The highest BCUT2D eigenvalue weighted by Crippen LogP contribution is 2.67. The van der Waals surface area contributed by atoms with Gasteiger partial charge in [0.1, 0.15) is 0 Å². The number of halogens is 1. The molecule has 28 heavy (non-hydrogen) atoms. The van der Waals surface area contributed by atoms with Gasteiger partial charge in [0.05, 0.1) is 5.38 Å². The summed E-state index contributed by atoms with van der Waals surface area (Å²) in [5, 5.41) is 0.283. The minimum Gasteiger partial charge on any atom is -0.118 e. The Bertz CT molecular complexity index is 579. The van der Waals surface area contributed by atoms with Crippen LogP contribution in [-0.2, 0) is 0 Å². The van der Waals surface area contributed by atoms with Crippen LogP contribution < -0.4 is 0 Å². The second-order valence-electron chi connectivity index (χ2n) is 12.2. The average Bonchev–Trinajstić information content (AvgIpc) is 2.99. The fraction of sp³-hybridized carbons (Fsp3) is 0.926. The molecule has 0 amide bonds. The molecule has 0 heterocycles. The van der Waals surface area contributed by atoms with E-state index < -0.39 is 0 Å². The molecular formula is C27H45Cl. The molecule has 0 spiro atoms. The van der Waals surface area contributed by atoms with Crippen molar-refractivity contribution in [1.82, 2.24) is 0 Å². The van der Waals surface area contributed by atoms with Crippen LogP contribution in [0, 0.1) is 52.3 Å². The van der Waals surface area contributed by atoms with Crippen molar-refractivity contribution < 1.29 is 0 Å². The van der Waals surface area contributed by atoms with E-state index in [-0.39, 0.29) is 5.38 Å². The number of fused-ring (bicyclic) bond motifs is 5. The fourth-order valence-electron chi connectivity index (χ4n) is 8.79. The summed E-state index contributed by atoms with van der Waals surface area (Å²) in [5.41, 5.74) is 1.05. The monoisotopic (exact) mass is 404 g/mol. The molecule has 0 aliphatic heterocycles. The van der Waals surface area contributed by atoms with E-state index in [9.17, 15) is 0 Å². The molecule has 0 nitrogen and oxygen atoms in total. The van der Waals surface area contributed by atoms with Gasteiger partial charge in [-0.15, -0.1) is 11.6 Å². The third kappa shape index (κ3) is 3.52. The van der Waals surface area contributed by atoms with Gasteiger partial charge < -0.3 is 0 Å². The molecule has 0 N–H and O–H groups in total. The molecule has 0 radical (unpaired) electrons. The van der Waals surface area contributed by atoms with Crippen molar-refractivity contribution in [3.05, 3.63) is 12.2 Å². The summed E-state index contributed by atoms with van der Waals surface area (Å²) >= 11 is 6.51. The average molecular weight is 405 g/mol. The first-order valence-electron chi connectivity index (χ1n) is 12.6. The normalized spacial score (nSPS) is 48.8. The van der Waals surface area contributed by atoms with E-state index in [0.29, 0.717) is 10.8 Å². The maximum absolute atomic E-state index is 6.51. The van der Waals surface area contributed by atoms with Crippen LogP contribution in [0.3, 0.4) is 0 Å². The summed E-state index contributed by atoms with van der Waals surface area (Å²) in [6, 6.07) is 0. The molecule has 3 saturated carbocycles. The Morgan fingerprint density at radius 1 is 0.964 bits per heavy atom. The Labute approximate surface area is 180 Å². The SMILES string of the molecule is CC(C)CCCC(C)C1CCC2C3CCC4CC(Cl)C=CC4(C)C3CCC12C. The highest BCUT2D eigenvalue weighted by Gasteiger charge is 2.59. The summed E-state index contributed by atoms with van der Waals surface area (Å²) in [5.74, 6) is 6.47. The van der Waals surface area contributed by atoms with Crippen LogP contribution in [-0.4, -0.2) is 5.38 Å². The van der Waals surface area contributed by atoms with Crippen molar-refractivity contribution in [3.63, 3.8) is 0 Å². The first-order valence-corrected chi connectivity index (χ1v) is 13.0. The van der Waals surface area contributed by atoms with E-state index in [2.05, 4.69) is 46.8 Å². The van der Waals surface area contributed by atoms with Crippen LogP contribution in [0.5, 0.6) is 0 Å². The fourth-order valence-corrected chi connectivity index (χ4v) is 9.08. The molecule has 4 aliphatic carbocycles. The molecule has 160 valence electrons. The highest BCUT2D eigenvalue weighted by atomic mass is 35.5. The summed E-state index contributed by atoms with van der Waals surface area (Å²) in [6.07, 6.45) is 19.3. The lowest BCUT2D eigenvalue weighted by Gasteiger charge is -2.59. The molecule has 0 aromatic carbocycles. The molecule has 4 rings (SSSR count). The van der Waals surface area contributed by atoms with Gasteiger partial charge in [-0.2, -0.15) is 0 Å². The van der Waals surface area contributed by atoms with Crippen LogP contribution in [0.1, 0.15) is 98.8 Å². The predicted molar refractivity (Wildman–Crippen MR) is 123 cm³/mol. The summed E-state index contributed by atoms with van der Waals surface area (Å²) < 4.78 is 0. The zero-order chi connectivity index (χ0) is 20.1. The molecule has 0 aromatic rings. The quantitative estimate of drug-likeness (QED) is 0.318. The number of hydrogen-bond donors (Lipinski definition) is 0. The van der Waals surface area contributed by atoms with Crippen molar-refractivity contribution in [1.29, 1.82) is 0 Å². The van der Waals surface area contributed by atoms with E-state index in [4.69, 9.17) is 11.6 Å². The highest BCUT2D eigenvalue weighted by molar-refractivity contribution is 6.21. The van der Waals surface area contributed by atoms with E-state index in [1.807, 2.05) is 0 Å². The zero-order valence-electron chi connectivity index (χ0n) is 19.2. The van der Waals surface area contributed by atoms with Crippen LogP contribution in [0.25, 0.3) is 0 Å². The Hall–Kier alpha value is 0.0300. The van der Waals surface area contributed by atoms with Crippen LogP contribution >= 0.6 is 11.6 Å². The van der Waals surface area contributed by atoms with Crippen LogP contribution in [0.2, 0.25) is 0 Å². The van der Waals surface area contributed by atoms with E-state index in [0.717, 1.165) is 41.4 Å². The second-order valence-corrected chi connectivity index (χ2v) is 12.7. The lowest BCUT2D eigenvalue weighted by molar-refractivity contribution is -0.0843. The Morgan fingerprint density at radius 3 is 2.50 bits per heavy atom. The van der Waals surface area contributed by atoms with E-state index in [1.165, 1.54) is 64.2 Å². The summed E-state index contributed by atoms with van der Waals surface area (Å²) in [6.45, 7) is 12.7. The van der Waals surface area contributed by atoms with Gasteiger partial charge in [-0.3, -0.25) is 0 Å². The molecular weight excluding hydrogens is 360 g/mol. The van der Waals surface area contributed by atoms with E-state index >= 15 is 0 Å². The lowest BCUT2D eigenvalue weighted by Crippen LogP contribution is -2.52. The van der Waals surface area contributed by atoms with Gasteiger partial charge in [-0.1, -0.05) is 66.0 Å². The molecule has 0 bridgehead atoms. The van der Waals surface area contributed by atoms with Gasteiger partial charge in [0.15, 0.2) is 0 Å².